The number of thiophene rings is 1. The van der Waals surface area contributed by atoms with Crippen LogP contribution < -0.4 is 0 Å². The molecule has 0 aliphatic carbocycles. The van der Waals surface area contributed by atoms with Gasteiger partial charge >= 0.3 is 5.97 Å². The van der Waals surface area contributed by atoms with E-state index in [0.717, 1.165) is 30.4 Å². The molecule has 2 heterocycles. The summed E-state index contributed by atoms with van der Waals surface area (Å²) in [7, 11) is 1.94. The van der Waals surface area contributed by atoms with Crippen molar-refractivity contribution in [3.05, 3.63) is 20.8 Å². The summed E-state index contributed by atoms with van der Waals surface area (Å²) in [6, 6.07) is 2.07. The van der Waals surface area contributed by atoms with Crippen LogP contribution in [-0.4, -0.2) is 55.0 Å². The van der Waals surface area contributed by atoms with E-state index in [4.69, 9.17) is 4.74 Å². The van der Waals surface area contributed by atoms with Crippen LogP contribution in [0.4, 0.5) is 0 Å². The zero-order valence-electron chi connectivity index (χ0n) is 13.6. The lowest BCUT2D eigenvalue weighted by atomic mass is 9.98. The van der Waals surface area contributed by atoms with Gasteiger partial charge in [0.25, 0.3) is 0 Å². The number of esters is 1. The number of ether oxygens (including phenoxy) is 1. The third kappa shape index (κ3) is 5.58. The number of hydrogen-bond donors (Lipinski definition) is 0. The molecule has 1 amide bonds. The molecule has 5 nitrogen and oxygen atoms in total. The number of rotatable bonds is 6. The van der Waals surface area contributed by atoms with Crippen LogP contribution in [0.25, 0.3) is 0 Å². The Labute approximate surface area is 149 Å². The minimum atomic E-state index is -0.179. The molecular formula is C16H23BrN2O3S. The number of amides is 1. The van der Waals surface area contributed by atoms with E-state index in [-0.39, 0.29) is 17.8 Å². The zero-order chi connectivity index (χ0) is 16.8. The molecule has 23 heavy (non-hydrogen) atoms. The maximum atomic E-state index is 12.5. The maximum absolute atomic E-state index is 12.5. The largest absolute Gasteiger partial charge is 0.466 e. The normalized spacial score (nSPS) is 18.3. The summed E-state index contributed by atoms with van der Waals surface area (Å²) in [6.45, 7) is 4.52. The summed E-state index contributed by atoms with van der Waals surface area (Å²) in [4.78, 5) is 29.3. The third-order valence-electron chi connectivity index (χ3n) is 3.85. The predicted octanol–water partition coefficient (Wildman–Crippen LogP) is 2.74. The first-order valence-corrected chi connectivity index (χ1v) is 9.52. The molecule has 0 spiro atoms. The van der Waals surface area contributed by atoms with Gasteiger partial charge < -0.3 is 9.64 Å². The lowest BCUT2D eigenvalue weighted by molar-refractivity contribution is -0.151. The van der Waals surface area contributed by atoms with E-state index < -0.39 is 0 Å². The third-order valence-corrected chi connectivity index (χ3v) is 5.53. The van der Waals surface area contributed by atoms with Crippen molar-refractivity contribution in [3.8, 4) is 0 Å². The molecule has 1 aliphatic rings. The Balaban J connectivity index is 1.83. The molecule has 0 N–H and O–H groups in total. The van der Waals surface area contributed by atoms with E-state index in [1.54, 1.807) is 16.2 Å². The fourth-order valence-electron chi connectivity index (χ4n) is 2.75. The van der Waals surface area contributed by atoms with E-state index >= 15 is 0 Å². The molecule has 128 valence electrons. The molecule has 1 fully saturated rings. The minimum Gasteiger partial charge on any atom is -0.466 e. The van der Waals surface area contributed by atoms with Crippen LogP contribution in [0, 0.1) is 5.92 Å². The number of piperidine rings is 1. The van der Waals surface area contributed by atoms with Gasteiger partial charge in [0, 0.05) is 34.4 Å². The average Bonchev–Trinajstić information content (AvgIpc) is 2.92. The Morgan fingerprint density at radius 3 is 2.96 bits per heavy atom. The standard InChI is InChI=1S/C16H23BrN2O3S/c1-3-22-16(21)12-5-4-6-19(8-12)15(20)10-18(2)9-14-7-13(17)11-23-14/h7,11-12H,3-6,8-10H2,1-2H3. The zero-order valence-corrected chi connectivity index (χ0v) is 16.0. The van der Waals surface area contributed by atoms with Gasteiger partial charge in [-0.2, -0.15) is 0 Å². The summed E-state index contributed by atoms with van der Waals surface area (Å²) >= 11 is 5.12. The molecule has 0 radical (unpaired) electrons. The Hall–Kier alpha value is -0.920. The van der Waals surface area contributed by atoms with Crippen LogP contribution in [0.2, 0.25) is 0 Å². The molecule has 1 unspecified atom stereocenters. The Kier molecular flexibility index (Phi) is 7.05. The van der Waals surface area contributed by atoms with Gasteiger partial charge in [-0.25, -0.2) is 0 Å². The van der Waals surface area contributed by atoms with Crippen molar-refractivity contribution in [3.63, 3.8) is 0 Å². The van der Waals surface area contributed by atoms with E-state index in [9.17, 15) is 9.59 Å². The average molecular weight is 403 g/mol. The molecule has 1 aromatic heterocycles. The van der Waals surface area contributed by atoms with Gasteiger partial charge in [0.1, 0.15) is 0 Å². The van der Waals surface area contributed by atoms with Crippen molar-refractivity contribution in [2.75, 3.05) is 33.3 Å². The number of carbonyl (C=O) groups is 2. The molecule has 0 bridgehead atoms. The monoisotopic (exact) mass is 402 g/mol. The van der Waals surface area contributed by atoms with Crippen LogP contribution >= 0.6 is 27.3 Å². The first kappa shape index (κ1) is 18.4. The van der Waals surface area contributed by atoms with Crippen molar-refractivity contribution in [1.82, 2.24) is 9.80 Å². The highest BCUT2D eigenvalue weighted by atomic mass is 79.9. The van der Waals surface area contributed by atoms with Crippen LogP contribution in [-0.2, 0) is 20.9 Å². The van der Waals surface area contributed by atoms with E-state index in [0.29, 0.717) is 19.7 Å². The first-order valence-electron chi connectivity index (χ1n) is 7.85. The molecule has 0 saturated carbocycles. The topological polar surface area (TPSA) is 49.9 Å². The lowest BCUT2D eigenvalue weighted by Crippen LogP contribution is -2.46. The summed E-state index contributed by atoms with van der Waals surface area (Å²) in [6.07, 6.45) is 1.67. The van der Waals surface area contributed by atoms with Gasteiger partial charge in [-0.3, -0.25) is 14.5 Å². The Morgan fingerprint density at radius 2 is 2.30 bits per heavy atom. The van der Waals surface area contributed by atoms with E-state index in [1.165, 1.54) is 4.88 Å². The summed E-state index contributed by atoms with van der Waals surface area (Å²) in [5.41, 5.74) is 0. The highest BCUT2D eigenvalue weighted by molar-refractivity contribution is 9.10. The number of likely N-dealkylation sites (tertiary alicyclic amines) is 1. The quantitative estimate of drug-likeness (QED) is 0.686. The van der Waals surface area contributed by atoms with Crippen LogP contribution in [0.3, 0.4) is 0 Å². The highest BCUT2D eigenvalue weighted by Gasteiger charge is 2.29. The summed E-state index contributed by atoms with van der Waals surface area (Å²) < 4.78 is 6.16. The van der Waals surface area contributed by atoms with Gasteiger partial charge in [0.2, 0.25) is 5.91 Å². The second-order valence-electron chi connectivity index (χ2n) is 5.83. The van der Waals surface area contributed by atoms with Gasteiger partial charge in [0.05, 0.1) is 19.1 Å². The Morgan fingerprint density at radius 1 is 1.52 bits per heavy atom. The number of carbonyl (C=O) groups excluding carboxylic acids is 2. The molecule has 0 aromatic carbocycles. The second-order valence-corrected chi connectivity index (χ2v) is 7.75. The molecule has 1 saturated heterocycles. The number of likely N-dealkylation sites (N-methyl/N-ethyl adjacent to an activating group) is 1. The fourth-order valence-corrected chi connectivity index (χ4v) is 4.28. The fraction of sp³-hybridized carbons (Fsp3) is 0.625. The van der Waals surface area contributed by atoms with Crippen LogP contribution in [0.5, 0.6) is 0 Å². The van der Waals surface area contributed by atoms with Crippen LogP contribution in [0.15, 0.2) is 15.9 Å². The number of nitrogens with zero attached hydrogens (tertiary/aromatic N) is 2. The molecule has 2 rings (SSSR count). The van der Waals surface area contributed by atoms with Gasteiger partial charge in [-0.05, 0) is 48.8 Å². The maximum Gasteiger partial charge on any atom is 0.310 e. The minimum absolute atomic E-state index is 0.0807. The lowest BCUT2D eigenvalue weighted by Gasteiger charge is -2.32. The highest BCUT2D eigenvalue weighted by Crippen LogP contribution is 2.21. The molecule has 1 aromatic rings. The van der Waals surface area contributed by atoms with Crippen molar-refractivity contribution in [1.29, 1.82) is 0 Å². The van der Waals surface area contributed by atoms with Crippen molar-refractivity contribution in [2.45, 2.75) is 26.3 Å². The van der Waals surface area contributed by atoms with Crippen molar-refractivity contribution < 1.29 is 14.3 Å². The van der Waals surface area contributed by atoms with Gasteiger partial charge in [-0.1, -0.05) is 0 Å². The molecule has 1 atom stereocenters. The first-order chi connectivity index (χ1) is 11.0. The molecule has 1 aliphatic heterocycles. The SMILES string of the molecule is CCOC(=O)C1CCCN(C(=O)CN(C)Cc2cc(Br)cs2)C1. The van der Waals surface area contributed by atoms with Gasteiger partial charge in [-0.15, -0.1) is 11.3 Å². The van der Waals surface area contributed by atoms with Crippen molar-refractivity contribution in [2.24, 2.45) is 5.92 Å². The molecular weight excluding hydrogens is 380 g/mol. The van der Waals surface area contributed by atoms with E-state index in [1.807, 2.05) is 24.3 Å². The van der Waals surface area contributed by atoms with Crippen LogP contribution in [0.1, 0.15) is 24.6 Å². The second kappa shape index (κ2) is 8.80. The predicted molar refractivity (Wildman–Crippen MR) is 94.3 cm³/mol. The molecule has 7 heteroatoms. The summed E-state index contributed by atoms with van der Waals surface area (Å²) in [5.74, 6) is -0.273. The summed E-state index contributed by atoms with van der Waals surface area (Å²) in [5, 5.41) is 2.04. The Bertz CT molecular complexity index is 549. The van der Waals surface area contributed by atoms with E-state index in [2.05, 4.69) is 22.0 Å². The smallest absolute Gasteiger partial charge is 0.310 e. The number of hydrogen-bond acceptors (Lipinski definition) is 5. The van der Waals surface area contributed by atoms with Gasteiger partial charge in [0.15, 0.2) is 0 Å². The number of halogens is 1. The van der Waals surface area contributed by atoms with Crippen molar-refractivity contribution >= 4 is 39.1 Å².